The molecule has 48 valence electrons. The summed E-state index contributed by atoms with van der Waals surface area (Å²) >= 11 is 1.29. The monoisotopic (exact) mass is 250 g/mol. The van der Waals surface area contributed by atoms with Crippen LogP contribution in [0.1, 0.15) is 0 Å². The van der Waals surface area contributed by atoms with E-state index in [1.54, 1.807) is 0 Å². The molecule has 0 aliphatic heterocycles. The number of carbonyl (C=O) groups excluding carboxylic acids is 1. The van der Waals surface area contributed by atoms with Crippen LogP contribution in [-0.4, -0.2) is 22.5 Å². The maximum absolute atomic E-state index is 9.91. The van der Waals surface area contributed by atoms with Crippen molar-refractivity contribution in [2.45, 2.75) is 0 Å². The summed E-state index contributed by atoms with van der Waals surface area (Å²) in [7, 11) is -4.08. The van der Waals surface area contributed by atoms with Gasteiger partial charge in [0.15, 0.2) is 0 Å². The van der Waals surface area contributed by atoms with Crippen LogP contribution in [0, 0.1) is 0 Å². The molecule has 1 N–H and O–H groups in total. The van der Waals surface area contributed by atoms with Gasteiger partial charge in [-0.2, -0.15) is 8.42 Å². The summed E-state index contributed by atoms with van der Waals surface area (Å²) in [6, 6.07) is 0. The van der Waals surface area contributed by atoms with Crippen LogP contribution in [0.5, 0.6) is 0 Å². The van der Waals surface area contributed by atoms with E-state index in [-0.39, 0.29) is 0 Å². The molecule has 0 unspecified atom stereocenters. The van der Waals surface area contributed by atoms with Gasteiger partial charge in [0.25, 0.3) is 10.1 Å². The van der Waals surface area contributed by atoms with Gasteiger partial charge >= 0.3 is 0 Å². The third-order valence-electron chi connectivity index (χ3n) is 0.296. The van der Waals surface area contributed by atoms with E-state index in [0.29, 0.717) is 0 Å². The molecule has 0 spiro atoms. The molecule has 0 rings (SSSR count). The Bertz CT molecular complexity index is 180. The Labute approximate surface area is 60.2 Å². The molecule has 4 nitrogen and oxygen atoms in total. The van der Waals surface area contributed by atoms with Gasteiger partial charge in [-0.25, -0.2) is 0 Å². The number of carbonyl (C=O) groups is 1. The molecule has 0 fully saturated rings. The number of hydrogen-bond acceptors (Lipinski definition) is 3. The van der Waals surface area contributed by atoms with Crippen molar-refractivity contribution in [3.05, 3.63) is 0 Å². The van der Waals surface area contributed by atoms with Gasteiger partial charge in [0.05, 0.1) is 0 Å². The molecule has 0 aromatic carbocycles. The Morgan fingerprint density at radius 1 is 1.62 bits per heavy atom. The Kier molecular flexibility index (Phi) is 2.84. The highest BCUT2D eigenvalue weighted by Crippen LogP contribution is 1.89. The summed E-state index contributed by atoms with van der Waals surface area (Å²) in [5.74, 6) is -0.798. The van der Waals surface area contributed by atoms with E-state index in [1.165, 1.54) is 22.6 Å². The number of halogens is 1. The van der Waals surface area contributed by atoms with Gasteiger partial charge in [-0.3, -0.25) is 9.35 Å². The molecule has 0 radical (unpaired) electrons. The van der Waals surface area contributed by atoms with E-state index in [1.807, 2.05) is 0 Å². The first-order chi connectivity index (χ1) is 3.42. The second kappa shape index (κ2) is 2.74. The molecule has 6 heteroatoms. The van der Waals surface area contributed by atoms with Gasteiger partial charge in [-0.15, -0.1) is 0 Å². The molecular formula is C2H3IO4S. The summed E-state index contributed by atoms with van der Waals surface area (Å²) < 4.78 is 26.9. The second-order valence-corrected chi connectivity index (χ2v) is 3.74. The van der Waals surface area contributed by atoms with E-state index >= 15 is 0 Å². The molecule has 0 aliphatic rings. The fraction of sp³-hybridized carbons (Fsp3) is 0.500. The predicted molar refractivity (Wildman–Crippen MR) is 35.4 cm³/mol. The third kappa shape index (κ3) is 6.31. The molecule has 8 heavy (non-hydrogen) atoms. The summed E-state index contributed by atoms with van der Waals surface area (Å²) in [6.45, 7) is 0. The standard InChI is InChI=1S/C2H3IO4S/c3-2(4)1-8(5,6)7/h1H2,(H,5,6,7). The van der Waals surface area contributed by atoms with Crippen LogP contribution in [0.15, 0.2) is 0 Å². The van der Waals surface area contributed by atoms with Crippen LogP contribution in [0.2, 0.25) is 0 Å². The summed E-state index contributed by atoms with van der Waals surface area (Å²) in [5.41, 5.74) is 0. The van der Waals surface area contributed by atoms with Gasteiger partial charge in [0.1, 0.15) is 5.75 Å². The zero-order valence-corrected chi connectivity index (χ0v) is 6.64. The van der Waals surface area contributed by atoms with Crippen LogP contribution in [0.3, 0.4) is 0 Å². The van der Waals surface area contributed by atoms with Crippen LogP contribution in [0.25, 0.3) is 0 Å². The average molecular weight is 250 g/mol. The Morgan fingerprint density at radius 3 is 2.00 bits per heavy atom. The lowest BCUT2D eigenvalue weighted by molar-refractivity contribution is -0.107. The van der Waals surface area contributed by atoms with Crippen molar-refractivity contribution in [3.8, 4) is 0 Å². The van der Waals surface area contributed by atoms with Crippen molar-refractivity contribution >= 4 is 36.5 Å². The maximum atomic E-state index is 9.91. The lowest BCUT2D eigenvalue weighted by Crippen LogP contribution is -2.08. The molecule has 0 aromatic rings. The zero-order chi connectivity index (χ0) is 6.78. The fourth-order valence-electron chi connectivity index (χ4n) is 0.143. The van der Waals surface area contributed by atoms with E-state index < -0.39 is 19.7 Å². The van der Waals surface area contributed by atoms with Crippen molar-refractivity contribution in [1.82, 2.24) is 0 Å². The Morgan fingerprint density at radius 2 is 2.00 bits per heavy atom. The minimum Gasteiger partial charge on any atom is -0.287 e. The lowest BCUT2D eigenvalue weighted by atomic mass is 10.9. The van der Waals surface area contributed by atoms with E-state index in [0.717, 1.165) is 0 Å². The van der Waals surface area contributed by atoms with Gasteiger partial charge in [0.2, 0.25) is 3.79 Å². The molecule has 0 atom stereocenters. The lowest BCUT2D eigenvalue weighted by Gasteiger charge is -1.84. The highest BCUT2D eigenvalue weighted by atomic mass is 127. The first kappa shape index (κ1) is 8.31. The van der Waals surface area contributed by atoms with Crippen LogP contribution in [-0.2, 0) is 14.9 Å². The van der Waals surface area contributed by atoms with Crippen LogP contribution in [0.4, 0.5) is 0 Å². The number of rotatable bonds is 2. The highest BCUT2D eigenvalue weighted by molar-refractivity contribution is 14.1. The first-order valence-corrected chi connectivity index (χ1v) is 4.24. The summed E-state index contributed by atoms with van der Waals surface area (Å²) in [4.78, 5) is 9.91. The van der Waals surface area contributed by atoms with E-state index in [4.69, 9.17) is 4.55 Å². The Hall–Kier alpha value is 0.310. The zero-order valence-electron chi connectivity index (χ0n) is 3.67. The predicted octanol–water partition coefficient (Wildman–Crippen LogP) is -0.164. The second-order valence-electron chi connectivity index (χ2n) is 1.08. The molecule has 0 saturated heterocycles. The highest BCUT2D eigenvalue weighted by Gasteiger charge is 2.07. The van der Waals surface area contributed by atoms with Crippen molar-refractivity contribution in [2.24, 2.45) is 0 Å². The quantitative estimate of drug-likeness (QED) is 0.419. The average Bonchev–Trinajstić information content (AvgIpc) is 1.21. The van der Waals surface area contributed by atoms with Gasteiger partial charge < -0.3 is 0 Å². The SMILES string of the molecule is O=C(I)CS(=O)(=O)O. The van der Waals surface area contributed by atoms with Gasteiger partial charge in [-0.1, -0.05) is 0 Å². The third-order valence-corrected chi connectivity index (χ3v) is 1.82. The van der Waals surface area contributed by atoms with Crippen molar-refractivity contribution in [3.63, 3.8) is 0 Å². The normalized spacial score (nSPS) is 11.2. The molecular weight excluding hydrogens is 247 g/mol. The van der Waals surface area contributed by atoms with Crippen LogP contribution >= 0.6 is 22.6 Å². The fourth-order valence-corrected chi connectivity index (χ4v) is 1.61. The Balaban J connectivity index is 3.95. The minimum absolute atomic E-state index is 0.592. The molecule has 0 saturated carbocycles. The maximum Gasteiger partial charge on any atom is 0.272 e. The summed E-state index contributed by atoms with van der Waals surface area (Å²) in [6.07, 6.45) is 0. The molecule has 0 bridgehead atoms. The molecule has 0 heterocycles. The smallest absolute Gasteiger partial charge is 0.272 e. The van der Waals surface area contributed by atoms with Crippen LogP contribution < -0.4 is 0 Å². The molecule has 0 aromatic heterocycles. The van der Waals surface area contributed by atoms with Crippen molar-refractivity contribution < 1.29 is 17.8 Å². The largest absolute Gasteiger partial charge is 0.287 e. The topological polar surface area (TPSA) is 71.4 Å². The minimum atomic E-state index is -4.08. The molecule has 0 aliphatic carbocycles. The number of hydrogen-bond donors (Lipinski definition) is 1. The van der Waals surface area contributed by atoms with E-state index in [9.17, 15) is 13.2 Å². The van der Waals surface area contributed by atoms with E-state index in [2.05, 4.69) is 0 Å². The van der Waals surface area contributed by atoms with Gasteiger partial charge in [0, 0.05) is 22.6 Å². The summed E-state index contributed by atoms with van der Waals surface area (Å²) in [5, 5.41) is 0. The first-order valence-electron chi connectivity index (χ1n) is 1.55. The van der Waals surface area contributed by atoms with Gasteiger partial charge in [-0.05, 0) is 0 Å². The van der Waals surface area contributed by atoms with Crippen molar-refractivity contribution in [1.29, 1.82) is 0 Å². The van der Waals surface area contributed by atoms with Crippen molar-refractivity contribution in [2.75, 3.05) is 5.75 Å². The molecule has 0 amide bonds.